The first-order chi connectivity index (χ1) is 8.05. The maximum Gasteiger partial charge on any atom is 0.0233 e. The van der Waals surface area contributed by atoms with Gasteiger partial charge < -0.3 is 0 Å². The predicted molar refractivity (Wildman–Crippen MR) is 73.9 cm³/mol. The van der Waals surface area contributed by atoms with Crippen molar-refractivity contribution in [3.05, 3.63) is 35.9 Å². The molecule has 1 saturated heterocycles. The summed E-state index contributed by atoms with van der Waals surface area (Å²) in [6.45, 7) is 10.8. The Morgan fingerprint density at radius 2 is 1.88 bits per heavy atom. The molecule has 2 rings (SSSR count). The van der Waals surface area contributed by atoms with Crippen LogP contribution in [0, 0.1) is 11.3 Å². The van der Waals surface area contributed by atoms with Crippen molar-refractivity contribution in [3.63, 3.8) is 0 Å². The van der Waals surface area contributed by atoms with E-state index in [9.17, 15) is 0 Å². The fourth-order valence-corrected chi connectivity index (χ4v) is 2.75. The van der Waals surface area contributed by atoms with E-state index in [-0.39, 0.29) is 0 Å². The van der Waals surface area contributed by atoms with E-state index >= 15 is 0 Å². The lowest BCUT2D eigenvalue weighted by Gasteiger charge is -2.39. The summed E-state index contributed by atoms with van der Waals surface area (Å²) in [6, 6.07) is 10.8. The van der Waals surface area contributed by atoms with Gasteiger partial charge in [-0.3, -0.25) is 4.90 Å². The summed E-state index contributed by atoms with van der Waals surface area (Å²) in [4.78, 5) is 2.62. The second-order valence-electron chi connectivity index (χ2n) is 6.43. The van der Waals surface area contributed by atoms with Crippen LogP contribution in [0.5, 0.6) is 0 Å². The highest BCUT2D eigenvalue weighted by Crippen LogP contribution is 2.33. The molecule has 0 aliphatic carbocycles. The van der Waals surface area contributed by atoms with Gasteiger partial charge in [0.2, 0.25) is 0 Å². The standard InChI is InChI=1S/C16H25N/c1-16(2,3)15-10-7-11-17(13-15)12-14-8-5-4-6-9-14/h4-6,8-9,15H,7,10-13H2,1-3H3/t15-/m1/s1. The van der Waals surface area contributed by atoms with Crippen molar-refractivity contribution in [1.29, 1.82) is 0 Å². The van der Waals surface area contributed by atoms with Gasteiger partial charge in [0.1, 0.15) is 0 Å². The van der Waals surface area contributed by atoms with Gasteiger partial charge in [0, 0.05) is 13.1 Å². The fraction of sp³-hybridized carbons (Fsp3) is 0.625. The molecule has 1 aliphatic heterocycles. The van der Waals surface area contributed by atoms with Crippen LogP contribution >= 0.6 is 0 Å². The Morgan fingerprint density at radius 1 is 1.18 bits per heavy atom. The topological polar surface area (TPSA) is 3.24 Å². The van der Waals surface area contributed by atoms with E-state index in [1.807, 2.05) is 0 Å². The van der Waals surface area contributed by atoms with E-state index in [1.165, 1.54) is 31.5 Å². The number of benzene rings is 1. The molecule has 1 aromatic carbocycles. The first-order valence-corrected chi connectivity index (χ1v) is 6.82. The summed E-state index contributed by atoms with van der Waals surface area (Å²) in [6.07, 6.45) is 2.75. The molecule has 1 aromatic rings. The Hall–Kier alpha value is -0.820. The minimum Gasteiger partial charge on any atom is -0.299 e. The van der Waals surface area contributed by atoms with Gasteiger partial charge in [-0.1, -0.05) is 51.1 Å². The highest BCUT2D eigenvalue weighted by atomic mass is 15.1. The van der Waals surface area contributed by atoms with Gasteiger partial charge in [-0.05, 0) is 36.3 Å². The number of hydrogen-bond acceptors (Lipinski definition) is 1. The number of piperidine rings is 1. The molecule has 1 nitrogen and oxygen atoms in total. The predicted octanol–water partition coefficient (Wildman–Crippen LogP) is 3.94. The molecule has 94 valence electrons. The Morgan fingerprint density at radius 3 is 2.53 bits per heavy atom. The molecule has 1 heterocycles. The number of hydrogen-bond donors (Lipinski definition) is 0. The van der Waals surface area contributed by atoms with Crippen molar-refractivity contribution < 1.29 is 0 Å². The van der Waals surface area contributed by atoms with E-state index in [0.29, 0.717) is 5.41 Å². The summed E-state index contributed by atoms with van der Waals surface area (Å²) in [5.41, 5.74) is 1.90. The minimum atomic E-state index is 0.454. The second kappa shape index (κ2) is 5.22. The van der Waals surface area contributed by atoms with Gasteiger partial charge >= 0.3 is 0 Å². The number of nitrogens with zero attached hydrogens (tertiary/aromatic N) is 1. The van der Waals surface area contributed by atoms with E-state index in [4.69, 9.17) is 0 Å². The summed E-state index contributed by atoms with van der Waals surface area (Å²) in [5.74, 6) is 0.847. The Bertz CT molecular complexity index is 336. The van der Waals surface area contributed by atoms with E-state index in [0.717, 1.165) is 12.5 Å². The van der Waals surface area contributed by atoms with Crippen LogP contribution < -0.4 is 0 Å². The van der Waals surface area contributed by atoms with Crippen molar-refractivity contribution in [1.82, 2.24) is 4.90 Å². The molecule has 0 bridgehead atoms. The summed E-state index contributed by atoms with van der Waals surface area (Å²) >= 11 is 0. The lowest BCUT2D eigenvalue weighted by Crippen LogP contribution is -2.40. The quantitative estimate of drug-likeness (QED) is 0.745. The minimum absolute atomic E-state index is 0.454. The normalized spacial score (nSPS) is 22.6. The van der Waals surface area contributed by atoms with Gasteiger partial charge in [-0.25, -0.2) is 0 Å². The lowest BCUT2D eigenvalue weighted by molar-refractivity contribution is 0.0943. The van der Waals surface area contributed by atoms with Crippen LogP contribution in [-0.4, -0.2) is 18.0 Å². The SMILES string of the molecule is CC(C)(C)[C@@H]1CCCN(Cc2ccccc2)C1. The monoisotopic (exact) mass is 231 g/mol. The van der Waals surface area contributed by atoms with Crippen LogP contribution in [0.3, 0.4) is 0 Å². The van der Waals surface area contributed by atoms with E-state index in [2.05, 4.69) is 56.0 Å². The smallest absolute Gasteiger partial charge is 0.0233 e. The Kier molecular flexibility index (Phi) is 3.88. The molecule has 1 aliphatic rings. The van der Waals surface area contributed by atoms with Crippen LogP contribution in [0.1, 0.15) is 39.2 Å². The van der Waals surface area contributed by atoms with E-state index in [1.54, 1.807) is 0 Å². The van der Waals surface area contributed by atoms with Crippen molar-refractivity contribution in [2.24, 2.45) is 11.3 Å². The van der Waals surface area contributed by atoms with Crippen LogP contribution in [0.2, 0.25) is 0 Å². The van der Waals surface area contributed by atoms with Crippen molar-refractivity contribution in [2.45, 2.75) is 40.2 Å². The zero-order valence-electron chi connectivity index (χ0n) is 11.4. The van der Waals surface area contributed by atoms with E-state index < -0.39 is 0 Å². The summed E-state index contributed by atoms with van der Waals surface area (Å²) in [5, 5.41) is 0. The van der Waals surface area contributed by atoms with Crippen LogP contribution in [0.15, 0.2) is 30.3 Å². The molecule has 1 fully saturated rings. The third-order valence-corrected chi connectivity index (χ3v) is 3.98. The molecule has 0 unspecified atom stereocenters. The molecule has 0 radical (unpaired) electrons. The third-order valence-electron chi connectivity index (χ3n) is 3.98. The van der Waals surface area contributed by atoms with Crippen molar-refractivity contribution in [2.75, 3.05) is 13.1 Å². The summed E-state index contributed by atoms with van der Waals surface area (Å²) < 4.78 is 0. The Labute approximate surface area is 106 Å². The molecule has 17 heavy (non-hydrogen) atoms. The van der Waals surface area contributed by atoms with Gasteiger partial charge in [0.15, 0.2) is 0 Å². The zero-order chi connectivity index (χ0) is 12.3. The maximum atomic E-state index is 2.62. The lowest BCUT2D eigenvalue weighted by atomic mass is 9.76. The highest BCUT2D eigenvalue weighted by Gasteiger charge is 2.29. The summed E-state index contributed by atoms with van der Waals surface area (Å²) in [7, 11) is 0. The average Bonchev–Trinajstić information content (AvgIpc) is 2.29. The molecule has 0 amide bonds. The number of rotatable bonds is 2. The van der Waals surface area contributed by atoms with Gasteiger partial charge in [-0.2, -0.15) is 0 Å². The van der Waals surface area contributed by atoms with Crippen LogP contribution in [0.4, 0.5) is 0 Å². The number of likely N-dealkylation sites (tertiary alicyclic amines) is 1. The first-order valence-electron chi connectivity index (χ1n) is 6.82. The Balaban J connectivity index is 1.94. The van der Waals surface area contributed by atoms with Crippen molar-refractivity contribution in [3.8, 4) is 0 Å². The second-order valence-corrected chi connectivity index (χ2v) is 6.43. The molecule has 0 aromatic heterocycles. The fourth-order valence-electron chi connectivity index (χ4n) is 2.75. The van der Waals surface area contributed by atoms with Gasteiger partial charge in [-0.15, -0.1) is 0 Å². The molecule has 0 spiro atoms. The third kappa shape index (κ3) is 3.57. The largest absolute Gasteiger partial charge is 0.299 e. The molecular formula is C16H25N. The van der Waals surface area contributed by atoms with Crippen LogP contribution in [0.25, 0.3) is 0 Å². The molecule has 0 saturated carbocycles. The first kappa shape index (κ1) is 12.6. The van der Waals surface area contributed by atoms with Crippen LogP contribution in [-0.2, 0) is 6.54 Å². The van der Waals surface area contributed by atoms with Gasteiger partial charge in [0.05, 0.1) is 0 Å². The van der Waals surface area contributed by atoms with Crippen molar-refractivity contribution >= 4 is 0 Å². The molecule has 1 atom stereocenters. The maximum absolute atomic E-state index is 2.62. The van der Waals surface area contributed by atoms with Gasteiger partial charge in [0.25, 0.3) is 0 Å². The highest BCUT2D eigenvalue weighted by molar-refractivity contribution is 5.14. The zero-order valence-corrected chi connectivity index (χ0v) is 11.4. The molecular weight excluding hydrogens is 206 g/mol. The molecule has 0 N–H and O–H groups in total. The molecule has 1 heteroatoms. The average molecular weight is 231 g/mol.